The van der Waals surface area contributed by atoms with Crippen LogP contribution in [0.3, 0.4) is 0 Å². The molecular formula is C34H30Cl4N2O4. The minimum atomic E-state index is -1.45. The number of ketones is 1. The maximum absolute atomic E-state index is 13.2. The average molecular weight is 672 g/mol. The van der Waals surface area contributed by atoms with Gasteiger partial charge in [-0.1, -0.05) is 82.8 Å². The normalized spacial score (nSPS) is 10.7. The Morgan fingerprint density at radius 1 is 0.841 bits per heavy atom. The molecule has 0 saturated carbocycles. The number of fused-ring (bicyclic) bond motifs is 1. The van der Waals surface area contributed by atoms with Crippen LogP contribution in [0.1, 0.15) is 45.7 Å². The molecule has 0 saturated heterocycles. The van der Waals surface area contributed by atoms with Crippen molar-refractivity contribution in [3.05, 3.63) is 121 Å². The fourth-order valence-corrected chi connectivity index (χ4v) is 6.02. The number of benzene rings is 3. The van der Waals surface area contributed by atoms with E-state index in [1.54, 1.807) is 18.2 Å². The van der Waals surface area contributed by atoms with E-state index in [9.17, 15) is 14.7 Å². The van der Waals surface area contributed by atoms with E-state index < -0.39 is 17.3 Å². The maximum Gasteiger partial charge on any atom is 0.338 e. The number of rotatable bonds is 8. The van der Waals surface area contributed by atoms with Crippen molar-refractivity contribution in [2.75, 3.05) is 25.1 Å². The summed E-state index contributed by atoms with van der Waals surface area (Å²) in [5.41, 5.74) is 5.33. The number of methoxy groups -OCH3 is 1. The second kappa shape index (κ2) is 14.4. The minimum Gasteiger partial charge on any atom is -0.496 e. The zero-order valence-corrected chi connectivity index (χ0v) is 27.5. The van der Waals surface area contributed by atoms with E-state index in [1.165, 1.54) is 29.3 Å². The van der Waals surface area contributed by atoms with Crippen molar-refractivity contribution >= 4 is 69.4 Å². The van der Waals surface area contributed by atoms with E-state index in [0.29, 0.717) is 0 Å². The van der Waals surface area contributed by atoms with Gasteiger partial charge in [-0.05, 0) is 56.2 Å². The van der Waals surface area contributed by atoms with Crippen LogP contribution in [0.15, 0.2) is 79.1 Å². The Morgan fingerprint density at radius 3 is 2.02 bits per heavy atom. The van der Waals surface area contributed by atoms with Crippen LogP contribution in [0.25, 0.3) is 16.6 Å². The molecule has 5 rings (SSSR count). The predicted molar refractivity (Wildman–Crippen MR) is 181 cm³/mol. The average Bonchev–Trinajstić information content (AvgIpc) is 3.38. The molecular weight excluding hydrogens is 642 g/mol. The smallest absolute Gasteiger partial charge is 0.338 e. The molecule has 2 aromatic heterocycles. The summed E-state index contributed by atoms with van der Waals surface area (Å²) in [6.07, 6.45) is 4.29. The van der Waals surface area contributed by atoms with Crippen LogP contribution in [-0.4, -0.2) is 41.5 Å². The summed E-state index contributed by atoms with van der Waals surface area (Å²) in [4.78, 5) is 27.0. The molecule has 0 unspecified atom stereocenters. The number of carboxylic acid groups (broad SMARTS) is 1. The van der Waals surface area contributed by atoms with Gasteiger partial charge in [-0.25, -0.2) is 4.79 Å². The lowest BCUT2D eigenvalue weighted by Gasteiger charge is -2.22. The van der Waals surface area contributed by atoms with Gasteiger partial charge in [-0.15, -0.1) is 0 Å². The standard InChI is InChI=1S/C19H17Cl4NO4.C15H13N/c1-4-24(5-2)9-6-7-10(11(8-9)28-3)18(25)12-13(19(26)27)15(21)17(23)16(22)14(12)20;1-12-14(13-7-3-2-4-8-13)11-16-10-6-5-9-15(12)16/h6-8H,4-5H2,1-3H3,(H,26,27);2-11H,1H3. The molecule has 0 bridgehead atoms. The Balaban J connectivity index is 0.000000231. The third-order valence-corrected chi connectivity index (χ3v) is 9.10. The first-order valence-corrected chi connectivity index (χ1v) is 15.2. The summed E-state index contributed by atoms with van der Waals surface area (Å²) in [7, 11) is 1.42. The van der Waals surface area contributed by atoms with Gasteiger partial charge in [0.15, 0.2) is 5.78 Å². The molecule has 0 radical (unpaired) electrons. The SMILES string of the molecule is CCN(CC)c1ccc(C(=O)c2c(Cl)c(Cl)c(Cl)c(Cl)c2C(=O)O)c(OC)c1.Cc1c(-c2ccccc2)cn2ccccc12. The zero-order valence-electron chi connectivity index (χ0n) is 24.5. The first kappa shape index (κ1) is 33.2. The van der Waals surface area contributed by atoms with Gasteiger partial charge in [0.2, 0.25) is 0 Å². The van der Waals surface area contributed by atoms with Crippen molar-refractivity contribution in [3.8, 4) is 16.9 Å². The Morgan fingerprint density at radius 2 is 1.45 bits per heavy atom. The molecule has 0 amide bonds. The number of carboxylic acids is 1. The van der Waals surface area contributed by atoms with Gasteiger partial charge in [-0.2, -0.15) is 0 Å². The van der Waals surface area contributed by atoms with Crippen LogP contribution in [0.4, 0.5) is 5.69 Å². The maximum atomic E-state index is 13.2. The third kappa shape index (κ3) is 6.54. The number of hydrogen-bond donors (Lipinski definition) is 1. The summed E-state index contributed by atoms with van der Waals surface area (Å²) in [6, 6.07) is 21.8. The van der Waals surface area contributed by atoms with Crippen LogP contribution in [0.2, 0.25) is 20.1 Å². The van der Waals surface area contributed by atoms with Crippen molar-refractivity contribution in [3.63, 3.8) is 0 Å². The van der Waals surface area contributed by atoms with Gasteiger partial charge in [0, 0.05) is 48.3 Å². The largest absolute Gasteiger partial charge is 0.496 e. The molecule has 2 heterocycles. The predicted octanol–water partition coefficient (Wildman–Crippen LogP) is 10.00. The minimum absolute atomic E-state index is 0.122. The third-order valence-electron chi connectivity index (χ3n) is 7.30. The van der Waals surface area contributed by atoms with Crippen molar-refractivity contribution in [1.82, 2.24) is 4.40 Å². The van der Waals surface area contributed by atoms with Gasteiger partial charge in [0.25, 0.3) is 0 Å². The summed E-state index contributed by atoms with van der Waals surface area (Å²) >= 11 is 24.2. The number of hydrogen-bond acceptors (Lipinski definition) is 4. The van der Waals surface area contributed by atoms with E-state index >= 15 is 0 Å². The zero-order chi connectivity index (χ0) is 32.1. The highest BCUT2D eigenvalue weighted by Gasteiger charge is 2.30. The second-order valence-electron chi connectivity index (χ2n) is 9.72. The molecule has 44 heavy (non-hydrogen) atoms. The molecule has 10 heteroatoms. The second-order valence-corrected chi connectivity index (χ2v) is 11.2. The molecule has 1 N–H and O–H groups in total. The van der Waals surface area contributed by atoms with E-state index in [0.717, 1.165) is 18.8 Å². The van der Waals surface area contributed by atoms with Gasteiger partial charge in [0.1, 0.15) is 5.75 Å². The van der Waals surface area contributed by atoms with Crippen molar-refractivity contribution in [1.29, 1.82) is 0 Å². The van der Waals surface area contributed by atoms with Crippen LogP contribution in [0.5, 0.6) is 5.75 Å². The molecule has 5 aromatic rings. The molecule has 3 aromatic carbocycles. The van der Waals surface area contributed by atoms with Crippen LogP contribution >= 0.6 is 46.4 Å². The number of nitrogens with zero attached hydrogens (tertiary/aromatic N) is 2. The summed E-state index contributed by atoms with van der Waals surface area (Å²) in [5.74, 6) is -1.87. The van der Waals surface area contributed by atoms with Crippen molar-refractivity contribution < 1.29 is 19.4 Å². The summed E-state index contributed by atoms with van der Waals surface area (Å²) in [5, 5.41) is 8.49. The first-order chi connectivity index (χ1) is 21.0. The Labute approximate surface area is 276 Å². The summed E-state index contributed by atoms with van der Waals surface area (Å²) < 4.78 is 7.54. The molecule has 0 aliphatic heterocycles. The number of carbonyl (C=O) groups excluding carboxylic acids is 1. The Kier molecular flexibility index (Phi) is 10.9. The Bertz CT molecular complexity index is 1830. The van der Waals surface area contributed by atoms with Crippen LogP contribution in [-0.2, 0) is 0 Å². The summed E-state index contributed by atoms with van der Waals surface area (Å²) in [6.45, 7) is 7.73. The lowest BCUT2D eigenvalue weighted by Crippen LogP contribution is -2.22. The number of aryl methyl sites for hydroxylation is 1. The highest BCUT2D eigenvalue weighted by Crippen LogP contribution is 2.43. The number of carbonyl (C=O) groups is 2. The highest BCUT2D eigenvalue weighted by atomic mass is 35.5. The van der Waals surface area contributed by atoms with Gasteiger partial charge in [0.05, 0.1) is 43.9 Å². The quantitative estimate of drug-likeness (QED) is 0.101. The van der Waals surface area contributed by atoms with Crippen LogP contribution in [0, 0.1) is 6.92 Å². The molecule has 0 spiro atoms. The topological polar surface area (TPSA) is 71.2 Å². The first-order valence-electron chi connectivity index (χ1n) is 13.7. The van der Waals surface area contributed by atoms with E-state index in [-0.39, 0.29) is 37.0 Å². The monoisotopic (exact) mass is 670 g/mol. The van der Waals surface area contributed by atoms with Gasteiger partial charge < -0.3 is 19.1 Å². The molecule has 0 aliphatic carbocycles. The number of aromatic nitrogens is 1. The number of aromatic carboxylic acids is 1. The number of ether oxygens (including phenoxy) is 1. The van der Waals surface area contributed by atoms with Crippen LogP contribution < -0.4 is 9.64 Å². The lowest BCUT2D eigenvalue weighted by molar-refractivity contribution is 0.0693. The molecule has 6 nitrogen and oxygen atoms in total. The molecule has 0 aliphatic rings. The number of pyridine rings is 1. The van der Waals surface area contributed by atoms with Gasteiger partial charge >= 0.3 is 5.97 Å². The van der Waals surface area contributed by atoms with Crippen molar-refractivity contribution in [2.24, 2.45) is 0 Å². The van der Waals surface area contributed by atoms with E-state index in [2.05, 4.69) is 77.1 Å². The molecule has 228 valence electrons. The van der Waals surface area contributed by atoms with E-state index in [4.69, 9.17) is 51.1 Å². The number of halogens is 4. The fraction of sp³-hybridized carbons (Fsp3) is 0.176. The number of anilines is 1. The lowest BCUT2D eigenvalue weighted by atomic mass is 9.97. The van der Waals surface area contributed by atoms with Crippen molar-refractivity contribution in [2.45, 2.75) is 20.8 Å². The fourth-order valence-electron chi connectivity index (χ4n) is 5.00. The molecule has 0 fully saturated rings. The van der Waals surface area contributed by atoms with E-state index in [1.807, 2.05) is 13.8 Å². The molecule has 0 atom stereocenters. The van der Waals surface area contributed by atoms with Gasteiger partial charge in [-0.3, -0.25) is 4.79 Å². The highest BCUT2D eigenvalue weighted by molar-refractivity contribution is 6.54. The Hall–Kier alpha value is -3.68.